The molecular weight excluding hydrogens is 252 g/mol. The van der Waals surface area contributed by atoms with E-state index in [0.717, 1.165) is 31.4 Å². The van der Waals surface area contributed by atoms with Gasteiger partial charge in [-0.3, -0.25) is 0 Å². The molecule has 0 unspecified atom stereocenters. The maximum Gasteiger partial charge on any atom is 0.452 e. The largest absolute Gasteiger partial charge is 0.504 e. The molecule has 18 heavy (non-hydrogen) atoms. The molecule has 104 valence electrons. The highest BCUT2D eigenvalue weighted by Crippen LogP contribution is 2.02. The van der Waals surface area contributed by atoms with Crippen LogP contribution in [0.15, 0.2) is 10.2 Å². The second-order valence-electron chi connectivity index (χ2n) is 3.84. The van der Waals surface area contributed by atoms with Crippen molar-refractivity contribution in [3.05, 3.63) is 0 Å². The van der Waals surface area contributed by atoms with Crippen LogP contribution in [-0.4, -0.2) is 27.8 Å². The monoisotopic (exact) mass is 274 g/mol. The number of unbranched alkanes of at least 4 members (excludes halogenated alkanes) is 2. The van der Waals surface area contributed by atoms with E-state index in [1.54, 1.807) is 0 Å². The Balaban J connectivity index is 3.84. The normalized spacial score (nSPS) is 10.9. The lowest BCUT2D eigenvalue weighted by atomic mass is 10.3. The third-order valence-corrected chi connectivity index (χ3v) is 4.72. The fraction of sp³-hybridized carbons (Fsp3) is 0.818. The number of nitrogens with zero attached hydrogens (tertiary/aromatic N) is 2. The van der Waals surface area contributed by atoms with Crippen molar-refractivity contribution in [1.29, 1.82) is 0 Å². The molecule has 0 bridgehead atoms. The molecule has 0 rings (SSSR count). The number of carbonyl (C=O) groups is 2. The van der Waals surface area contributed by atoms with Crippen LogP contribution in [0.4, 0.5) is 9.59 Å². The zero-order chi connectivity index (χ0) is 13.8. The summed E-state index contributed by atoms with van der Waals surface area (Å²) in [6, 6.07) is 1.69. The quantitative estimate of drug-likeness (QED) is 0.403. The lowest BCUT2D eigenvalue weighted by molar-refractivity contribution is 0.152. The zero-order valence-corrected chi connectivity index (χ0v) is 12.5. The van der Waals surface area contributed by atoms with Crippen LogP contribution in [-0.2, 0) is 9.16 Å². The van der Waals surface area contributed by atoms with Crippen molar-refractivity contribution in [2.75, 3.05) is 6.61 Å². The molecule has 0 atom stereocenters. The molecule has 0 radical (unpaired) electrons. The van der Waals surface area contributed by atoms with Gasteiger partial charge in [0.15, 0.2) is 0 Å². The van der Waals surface area contributed by atoms with E-state index in [4.69, 9.17) is 9.16 Å². The van der Waals surface area contributed by atoms with E-state index in [-0.39, 0.29) is 0 Å². The van der Waals surface area contributed by atoms with Gasteiger partial charge < -0.3 is 9.16 Å². The lowest BCUT2D eigenvalue weighted by Crippen LogP contribution is -2.18. The third-order valence-electron chi connectivity index (χ3n) is 2.36. The van der Waals surface area contributed by atoms with Gasteiger partial charge in [0.1, 0.15) is 0 Å². The number of hydrogen-bond acceptors (Lipinski definition) is 4. The number of hydrogen-bond donors (Lipinski definition) is 0. The van der Waals surface area contributed by atoms with E-state index >= 15 is 0 Å². The summed E-state index contributed by atoms with van der Waals surface area (Å²) in [5.41, 5.74) is 0. The van der Waals surface area contributed by atoms with Crippen LogP contribution < -0.4 is 0 Å². The van der Waals surface area contributed by atoms with Crippen LogP contribution in [0.5, 0.6) is 0 Å². The SMILES string of the molecule is CCCCCOC(=O)N=NC(=O)O[SiH](CC)CC. The van der Waals surface area contributed by atoms with Crippen LogP contribution in [0, 0.1) is 0 Å². The molecular formula is C11H22N2O4Si. The van der Waals surface area contributed by atoms with Gasteiger partial charge in [-0.25, -0.2) is 9.59 Å². The summed E-state index contributed by atoms with van der Waals surface area (Å²) in [7, 11) is -1.50. The summed E-state index contributed by atoms with van der Waals surface area (Å²) in [5.74, 6) is 0. The number of azo groups is 1. The zero-order valence-electron chi connectivity index (χ0n) is 11.3. The van der Waals surface area contributed by atoms with Crippen molar-refractivity contribution in [2.24, 2.45) is 10.2 Å². The molecule has 0 spiro atoms. The van der Waals surface area contributed by atoms with Crippen molar-refractivity contribution in [1.82, 2.24) is 0 Å². The van der Waals surface area contributed by atoms with Crippen molar-refractivity contribution in [3.63, 3.8) is 0 Å². The number of rotatable bonds is 7. The van der Waals surface area contributed by atoms with Crippen LogP contribution in [0.1, 0.15) is 40.0 Å². The standard InChI is InChI=1S/C11H22N2O4Si/c1-4-7-8-9-16-10(14)12-13-11(15)17-18(5-2)6-3/h18H,4-9H2,1-3H3. The summed E-state index contributed by atoms with van der Waals surface area (Å²) in [5, 5.41) is 6.34. The van der Waals surface area contributed by atoms with Crippen molar-refractivity contribution < 1.29 is 18.8 Å². The Morgan fingerprint density at radius 1 is 1.00 bits per heavy atom. The van der Waals surface area contributed by atoms with Crippen molar-refractivity contribution in [3.8, 4) is 0 Å². The maximum absolute atomic E-state index is 11.2. The van der Waals surface area contributed by atoms with Crippen LogP contribution >= 0.6 is 0 Å². The molecule has 0 saturated carbocycles. The minimum absolute atomic E-state index is 0.308. The van der Waals surface area contributed by atoms with Gasteiger partial charge in [0.2, 0.25) is 9.04 Å². The van der Waals surface area contributed by atoms with Gasteiger partial charge in [0, 0.05) is 0 Å². The lowest BCUT2D eigenvalue weighted by Gasteiger charge is -2.08. The van der Waals surface area contributed by atoms with Crippen molar-refractivity contribution in [2.45, 2.75) is 52.1 Å². The second-order valence-corrected chi connectivity index (χ2v) is 6.96. The molecule has 0 N–H and O–H groups in total. The average Bonchev–Trinajstić information content (AvgIpc) is 2.38. The fourth-order valence-corrected chi connectivity index (χ4v) is 2.49. The summed E-state index contributed by atoms with van der Waals surface area (Å²) >= 11 is 0. The molecule has 0 aliphatic carbocycles. The highest BCUT2D eigenvalue weighted by atomic mass is 28.3. The Morgan fingerprint density at radius 2 is 1.61 bits per heavy atom. The van der Waals surface area contributed by atoms with E-state index in [2.05, 4.69) is 17.2 Å². The predicted molar refractivity (Wildman–Crippen MR) is 70.3 cm³/mol. The molecule has 2 amide bonds. The molecule has 0 aromatic rings. The van der Waals surface area contributed by atoms with Gasteiger partial charge in [-0.2, -0.15) is 0 Å². The first-order chi connectivity index (χ1) is 8.63. The Kier molecular flexibility index (Phi) is 10.1. The van der Waals surface area contributed by atoms with Gasteiger partial charge in [-0.1, -0.05) is 43.8 Å². The van der Waals surface area contributed by atoms with Gasteiger partial charge in [-0.15, -0.1) is 0 Å². The van der Waals surface area contributed by atoms with Crippen LogP contribution in [0.25, 0.3) is 0 Å². The van der Waals surface area contributed by atoms with Crippen LogP contribution in [0.3, 0.4) is 0 Å². The topological polar surface area (TPSA) is 77.3 Å². The van der Waals surface area contributed by atoms with Crippen molar-refractivity contribution >= 4 is 21.2 Å². The molecule has 7 heteroatoms. The van der Waals surface area contributed by atoms with Crippen LogP contribution in [0.2, 0.25) is 12.1 Å². The second kappa shape index (κ2) is 10.9. The molecule has 0 fully saturated rings. The average molecular weight is 274 g/mol. The van der Waals surface area contributed by atoms with Gasteiger partial charge in [0.25, 0.3) is 0 Å². The summed E-state index contributed by atoms with van der Waals surface area (Å²) in [6.07, 6.45) is 1.20. The minimum atomic E-state index is -1.50. The van der Waals surface area contributed by atoms with E-state index in [1.165, 1.54) is 0 Å². The van der Waals surface area contributed by atoms with E-state index in [1.807, 2.05) is 13.8 Å². The first kappa shape index (κ1) is 16.8. The number of ether oxygens (including phenoxy) is 1. The molecule has 6 nitrogen and oxygen atoms in total. The smallest absolute Gasteiger partial charge is 0.452 e. The summed E-state index contributed by atoms with van der Waals surface area (Å²) in [4.78, 5) is 22.3. The highest BCUT2D eigenvalue weighted by molar-refractivity contribution is 6.53. The highest BCUT2D eigenvalue weighted by Gasteiger charge is 2.12. The molecule has 0 aliphatic rings. The van der Waals surface area contributed by atoms with E-state index in [9.17, 15) is 9.59 Å². The number of carbonyl (C=O) groups excluding carboxylic acids is 2. The Morgan fingerprint density at radius 3 is 2.17 bits per heavy atom. The first-order valence-electron chi connectivity index (χ1n) is 6.43. The molecule has 0 aliphatic heterocycles. The third kappa shape index (κ3) is 8.86. The fourth-order valence-electron chi connectivity index (χ4n) is 1.24. The molecule has 0 saturated heterocycles. The van der Waals surface area contributed by atoms with Gasteiger partial charge in [-0.05, 0) is 18.5 Å². The summed E-state index contributed by atoms with van der Waals surface area (Å²) in [6.45, 7) is 6.29. The first-order valence-corrected chi connectivity index (χ1v) is 8.53. The van der Waals surface area contributed by atoms with Gasteiger partial charge in [0.05, 0.1) is 6.61 Å². The molecule has 0 heterocycles. The Hall–Kier alpha value is -1.24. The number of amides is 2. The van der Waals surface area contributed by atoms with Gasteiger partial charge >= 0.3 is 12.2 Å². The molecule has 0 aromatic carbocycles. The Labute approximate surface area is 109 Å². The van der Waals surface area contributed by atoms with E-state index < -0.39 is 21.2 Å². The maximum atomic E-state index is 11.2. The predicted octanol–water partition coefficient (Wildman–Crippen LogP) is 3.67. The Bertz CT molecular complexity index is 280. The minimum Gasteiger partial charge on any atom is -0.504 e. The van der Waals surface area contributed by atoms with E-state index in [0.29, 0.717) is 6.61 Å². The molecule has 0 aromatic heterocycles. The summed E-state index contributed by atoms with van der Waals surface area (Å²) < 4.78 is 9.83.